The fraction of sp³-hybridized carbons (Fsp3) is 0.160. The normalized spacial score (nSPS) is 17.7. The van der Waals surface area contributed by atoms with Crippen LogP contribution in [0, 0.1) is 0 Å². The first-order valence-corrected chi connectivity index (χ1v) is 10.2. The third-order valence-corrected chi connectivity index (χ3v) is 5.31. The van der Waals surface area contributed by atoms with E-state index in [1.807, 2.05) is 36.4 Å². The number of carbonyl (C=O) groups excluding carboxylic acids is 3. The minimum atomic E-state index is -1.20. The van der Waals surface area contributed by atoms with Gasteiger partial charge >= 0.3 is 6.03 Å². The van der Waals surface area contributed by atoms with Crippen molar-refractivity contribution in [1.82, 2.24) is 10.2 Å². The van der Waals surface area contributed by atoms with Gasteiger partial charge in [-0.1, -0.05) is 60.7 Å². The lowest BCUT2D eigenvalue weighted by Gasteiger charge is -2.22. The van der Waals surface area contributed by atoms with Crippen LogP contribution in [0.2, 0.25) is 0 Å². The molecule has 1 unspecified atom stereocenters. The Bertz CT molecular complexity index is 1120. The highest BCUT2D eigenvalue weighted by atomic mass is 16.5. The van der Waals surface area contributed by atoms with Gasteiger partial charge in [0.05, 0.1) is 0 Å². The number of urea groups is 1. The zero-order chi connectivity index (χ0) is 22.6. The summed E-state index contributed by atoms with van der Waals surface area (Å²) in [5, 5.41) is 5.40. The van der Waals surface area contributed by atoms with Crippen LogP contribution < -0.4 is 15.4 Å². The third kappa shape index (κ3) is 4.46. The molecule has 4 rings (SSSR count). The minimum Gasteiger partial charge on any atom is -0.489 e. The molecule has 1 aliphatic heterocycles. The minimum absolute atomic E-state index is 0.376. The van der Waals surface area contributed by atoms with Crippen molar-refractivity contribution in [3.8, 4) is 5.75 Å². The molecule has 7 heteroatoms. The molecule has 1 saturated heterocycles. The van der Waals surface area contributed by atoms with E-state index in [0.717, 1.165) is 10.5 Å². The quantitative estimate of drug-likeness (QED) is 0.561. The highest BCUT2D eigenvalue weighted by Gasteiger charge is 2.49. The van der Waals surface area contributed by atoms with Crippen molar-refractivity contribution in [2.75, 3.05) is 11.9 Å². The van der Waals surface area contributed by atoms with Gasteiger partial charge in [0.1, 0.15) is 24.4 Å². The fourth-order valence-electron chi connectivity index (χ4n) is 3.53. The number of nitrogens with zero attached hydrogens (tertiary/aromatic N) is 1. The maximum atomic E-state index is 12.9. The van der Waals surface area contributed by atoms with E-state index in [4.69, 9.17) is 4.74 Å². The van der Waals surface area contributed by atoms with Crippen molar-refractivity contribution in [3.63, 3.8) is 0 Å². The average molecular weight is 429 g/mol. The topological polar surface area (TPSA) is 87.7 Å². The molecule has 1 heterocycles. The van der Waals surface area contributed by atoms with E-state index in [-0.39, 0.29) is 6.54 Å². The second-order valence-corrected chi connectivity index (χ2v) is 7.66. The maximum absolute atomic E-state index is 12.9. The molecule has 4 amide bonds. The molecule has 2 N–H and O–H groups in total. The molecule has 1 aliphatic rings. The number of hydrogen-bond donors (Lipinski definition) is 2. The molecular weight excluding hydrogens is 406 g/mol. The molecule has 0 aliphatic carbocycles. The van der Waals surface area contributed by atoms with Gasteiger partial charge in [-0.25, -0.2) is 4.79 Å². The van der Waals surface area contributed by atoms with Crippen LogP contribution in [0.4, 0.5) is 10.5 Å². The number of carbonyl (C=O) groups is 3. The molecule has 0 bridgehead atoms. The van der Waals surface area contributed by atoms with Crippen LogP contribution in [0.3, 0.4) is 0 Å². The van der Waals surface area contributed by atoms with E-state index < -0.39 is 23.4 Å². The number of ether oxygens (including phenoxy) is 1. The van der Waals surface area contributed by atoms with Crippen LogP contribution in [0.15, 0.2) is 84.9 Å². The van der Waals surface area contributed by atoms with Crippen molar-refractivity contribution in [2.24, 2.45) is 0 Å². The number of rotatable bonds is 7. The monoisotopic (exact) mass is 429 g/mol. The predicted molar refractivity (Wildman–Crippen MR) is 120 cm³/mol. The van der Waals surface area contributed by atoms with E-state index in [9.17, 15) is 14.4 Å². The largest absolute Gasteiger partial charge is 0.489 e. The van der Waals surface area contributed by atoms with E-state index in [1.165, 1.54) is 0 Å². The van der Waals surface area contributed by atoms with Gasteiger partial charge in [-0.2, -0.15) is 0 Å². The lowest BCUT2D eigenvalue weighted by Crippen LogP contribution is -2.42. The summed E-state index contributed by atoms with van der Waals surface area (Å²) < 4.78 is 5.73. The number of anilines is 1. The van der Waals surface area contributed by atoms with Gasteiger partial charge in [0.2, 0.25) is 5.91 Å². The molecule has 1 atom stereocenters. The first kappa shape index (κ1) is 21.1. The molecule has 32 heavy (non-hydrogen) atoms. The van der Waals surface area contributed by atoms with Crippen LogP contribution in [0.5, 0.6) is 5.75 Å². The van der Waals surface area contributed by atoms with E-state index >= 15 is 0 Å². The molecule has 162 valence electrons. The fourth-order valence-corrected chi connectivity index (χ4v) is 3.53. The zero-order valence-electron chi connectivity index (χ0n) is 17.6. The van der Waals surface area contributed by atoms with Gasteiger partial charge in [0.15, 0.2) is 0 Å². The summed E-state index contributed by atoms with van der Waals surface area (Å²) in [6.45, 7) is 1.70. The smallest absolute Gasteiger partial charge is 0.325 e. The third-order valence-electron chi connectivity index (χ3n) is 5.31. The summed E-state index contributed by atoms with van der Waals surface area (Å²) in [6.07, 6.45) is 0. The van der Waals surface area contributed by atoms with Gasteiger partial charge in [-0.05, 0) is 42.3 Å². The van der Waals surface area contributed by atoms with Gasteiger partial charge in [-0.3, -0.25) is 14.5 Å². The SMILES string of the molecule is CC1(c2ccccc2)NC(=O)N(CC(=O)Nc2ccc(OCc3ccccc3)cc2)C1=O. The van der Waals surface area contributed by atoms with Crippen molar-refractivity contribution < 1.29 is 19.1 Å². The van der Waals surface area contributed by atoms with Crippen LogP contribution in [-0.4, -0.2) is 29.3 Å². The van der Waals surface area contributed by atoms with Crippen molar-refractivity contribution >= 4 is 23.5 Å². The predicted octanol–water partition coefficient (Wildman–Crippen LogP) is 3.67. The first-order chi connectivity index (χ1) is 15.5. The highest BCUT2D eigenvalue weighted by molar-refractivity contribution is 6.10. The van der Waals surface area contributed by atoms with Gasteiger partial charge < -0.3 is 15.4 Å². The molecule has 0 radical (unpaired) electrons. The van der Waals surface area contributed by atoms with Gasteiger partial charge in [0, 0.05) is 5.69 Å². The van der Waals surface area contributed by atoms with Crippen molar-refractivity contribution in [2.45, 2.75) is 19.1 Å². The molecule has 7 nitrogen and oxygen atoms in total. The second kappa shape index (κ2) is 8.93. The number of benzene rings is 3. The van der Waals surface area contributed by atoms with Crippen LogP contribution in [0.25, 0.3) is 0 Å². The summed E-state index contributed by atoms with van der Waals surface area (Å²) in [7, 11) is 0. The average Bonchev–Trinajstić information content (AvgIpc) is 3.04. The Morgan fingerprint density at radius 2 is 1.56 bits per heavy atom. The molecule has 1 fully saturated rings. The first-order valence-electron chi connectivity index (χ1n) is 10.2. The van der Waals surface area contributed by atoms with Crippen LogP contribution in [0.1, 0.15) is 18.1 Å². The number of nitrogens with one attached hydrogen (secondary N) is 2. The number of imide groups is 1. The van der Waals surface area contributed by atoms with Gasteiger partial charge in [0.25, 0.3) is 5.91 Å². The van der Waals surface area contributed by atoms with Crippen LogP contribution in [-0.2, 0) is 21.7 Å². The van der Waals surface area contributed by atoms with E-state index in [1.54, 1.807) is 55.5 Å². The summed E-state index contributed by atoms with van der Waals surface area (Å²) in [4.78, 5) is 38.7. The summed E-state index contributed by atoms with van der Waals surface area (Å²) in [5.41, 5.74) is 1.06. The standard InChI is InChI=1S/C25H23N3O4/c1-25(19-10-6-3-7-11-19)23(30)28(24(31)27-25)16-22(29)26-20-12-14-21(15-13-20)32-17-18-8-4-2-5-9-18/h2-15H,16-17H2,1H3,(H,26,29)(H,27,31). The lowest BCUT2D eigenvalue weighted by atomic mass is 9.92. The Balaban J connectivity index is 1.34. The maximum Gasteiger partial charge on any atom is 0.325 e. The Morgan fingerprint density at radius 1 is 0.938 bits per heavy atom. The molecule has 3 aromatic rings. The number of hydrogen-bond acceptors (Lipinski definition) is 4. The van der Waals surface area contributed by atoms with E-state index in [0.29, 0.717) is 23.6 Å². The molecule has 0 saturated carbocycles. The Hall–Kier alpha value is -4.13. The second-order valence-electron chi connectivity index (χ2n) is 7.66. The zero-order valence-corrected chi connectivity index (χ0v) is 17.6. The van der Waals surface area contributed by atoms with Crippen molar-refractivity contribution in [1.29, 1.82) is 0 Å². The highest BCUT2D eigenvalue weighted by Crippen LogP contribution is 2.28. The van der Waals surface area contributed by atoms with E-state index in [2.05, 4.69) is 10.6 Å². The Kier molecular flexibility index (Phi) is 5.89. The molecular formula is C25H23N3O4. The molecule has 3 aromatic carbocycles. The van der Waals surface area contributed by atoms with Crippen LogP contribution >= 0.6 is 0 Å². The van der Waals surface area contributed by atoms with Crippen molar-refractivity contribution in [3.05, 3.63) is 96.1 Å². The summed E-state index contributed by atoms with van der Waals surface area (Å²) >= 11 is 0. The summed E-state index contributed by atoms with van der Waals surface area (Å²) in [5.74, 6) is -0.267. The number of amides is 4. The Morgan fingerprint density at radius 3 is 2.22 bits per heavy atom. The van der Waals surface area contributed by atoms with Gasteiger partial charge in [-0.15, -0.1) is 0 Å². The summed E-state index contributed by atoms with van der Waals surface area (Å²) in [6, 6.07) is 25.1. The molecule has 0 aromatic heterocycles. The molecule has 0 spiro atoms. The Labute approximate surface area is 186 Å². The lowest BCUT2D eigenvalue weighted by molar-refractivity contribution is -0.133.